The molecule has 0 radical (unpaired) electrons. The predicted molar refractivity (Wildman–Crippen MR) is 87.7 cm³/mol. The van der Waals surface area contributed by atoms with E-state index in [0.29, 0.717) is 5.41 Å². The van der Waals surface area contributed by atoms with E-state index in [1.54, 1.807) is 6.92 Å². The number of likely N-dealkylation sites (tertiary alicyclic amines) is 1. The van der Waals surface area contributed by atoms with Gasteiger partial charge in [0.25, 0.3) is 0 Å². The molecule has 2 saturated carbocycles. The maximum absolute atomic E-state index is 12.7. The fourth-order valence-corrected chi connectivity index (χ4v) is 4.21. The van der Waals surface area contributed by atoms with Crippen molar-refractivity contribution in [3.05, 3.63) is 0 Å². The van der Waals surface area contributed by atoms with E-state index in [1.807, 2.05) is 4.90 Å². The Bertz CT molecular complexity index is 443. The number of piperidine rings is 1. The molecule has 2 atom stereocenters. The second-order valence-corrected chi connectivity index (χ2v) is 7.89. The van der Waals surface area contributed by atoms with Gasteiger partial charge in [0.2, 0.25) is 11.8 Å². The average Bonchev–Trinajstić information content (AvgIpc) is 3.38. The summed E-state index contributed by atoms with van der Waals surface area (Å²) in [6.45, 7) is 3.12. The van der Waals surface area contributed by atoms with E-state index in [4.69, 9.17) is 0 Å². The molecular formula is C18H30N2O3. The number of hydrogen-bond donors (Lipinski definition) is 2. The van der Waals surface area contributed by atoms with Gasteiger partial charge in [0, 0.05) is 19.0 Å². The Kier molecular flexibility index (Phi) is 4.95. The Morgan fingerprint density at radius 3 is 2.22 bits per heavy atom. The average molecular weight is 322 g/mol. The number of aliphatic hydroxyl groups excluding tert-OH is 1. The molecule has 3 aliphatic rings. The van der Waals surface area contributed by atoms with Crippen LogP contribution in [0.3, 0.4) is 0 Å². The van der Waals surface area contributed by atoms with Gasteiger partial charge >= 0.3 is 0 Å². The molecule has 5 nitrogen and oxygen atoms in total. The first-order valence-corrected chi connectivity index (χ1v) is 9.28. The van der Waals surface area contributed by atoms with Gasteiger partial charge in [-0.15, -0.1) is 0 Å². The molecule has 2 unspecified atom stereocenters. The fourth-order valence-electron chi connectivity index (χ4n) is 4.21. The summed E-state index contributed by atoms with van der Waals surface area (Å²) in [5.41, 5.74) is 0.451. The van der Waals surface area contributed by atoms with Crippen molar-refractivity contribution in [3.8, 4) is 0 Å². The van der Waals surface area contributed by atoms with Gasteiger partial charge in [-0.2, -0.15) is 0 Å². The van der Waals surface area contributed by atoms with E-state index in [1.165, 1.54) is 32.1 Å². The van der Waals surface area contributed by atoms with Gasteiger partial charge < -0.3 is 15.3 Å². The van der Waals surface area contributed by atoms with Crippen LogP contribution in [-0.2, 0) is 9.59 Å². The molecule has 1 heterocycles. The molecule has 0 bridgehead atoms. The first kappa shape index (κ1) is 16.7. The molecule has 3 fully saturated rings. The molecule has 1 spiro atoms. The summed E-state index contributed by atoms with van der Waals surface area (Å²) in [5.74, 6) is -0.138. The van der Waals surface area contributed by atoms with Gasteiger partial charge in [-0.1, -0.05) is 19.3 Å². The van der Waals surface area contributed by atoms with E-state index in [0.717, 1.165) is 38.8 Å². The van der Waals surface area contributed by atoms with Gasteiger partial charge in [0.1, 0.15) is 6.04 Å². The van der Waals surface area contributed by atoms with Crippen molar-refractivity contribution < 1.29 is 14.7 Å². The third-order valence-corrected chi connectivity index (χ3v) is 6.04. The van der Waals surface area contributed by atoms with Crippen LogP contribution in [0.5, 0.6) is 0 Å². The highest BCUT2D eigenvalue weighted by atomic mass is 16.3. The highest BCUT2D eigenvalue weighted by molar-refractivity contribution is 5.89. The molecule has 0 aromatic carbocycles. The number of carbonyl (C=O) groups is 2. The van der Waals surface area contributed by atoms with Gasteiger partial charge in [-0.3, -0.25) is 9.59 Å². The summed E-state index contributed by atoms with van der Waals surface area (Å²) < 4.78 is 0. The SMILES string of the molecule is CC(O)C(NC(=O)C1CC1)C(=O)N1CCC2(CCCCC2)CC1. The largest absolute Gasteiger partial charge is 0.391 e. The molecule has 130 valence electrons. The highest BCUT2D eigenvalue weighted by Crippen LogP contribution is 2.44. The first-order valence-electron chi connectivity index (χ1n) is 9.28. The number of carbonyl (C=O) groups excluding carboxylic acids is 2. The smallest absolute Gasteiger partial charge is 0.247 e. The van der Waals surface area contributed by atoms with Crippen LogP contribution in [0.1, 0.15) is 64.7 Å². The minimum atomic E-state index is -0.851. The van der Waals surface area contributed by atoms with E-state index >= 15 is 0 Å². The van der Waals surface area contributed by atoms with Crippen LogP contribution in [0.15, 0.2) is 0 Å². The lowest BCUT2D eigenvalue weighted by atomic mass is 9.68. The van der Waals surface area contributed by atoms with E-state index in [-0.39, 0.29) is 17.7 Å². The predicted octanol–water partition coefficient (Wildman–Crippen LogP) is 1.83. The van der Waals surface area contributed by atoms with Crippen LogP contribution in [0.4, 0.5) is 0 Å². The molecule has 5 heteroatoms. The number of nitrogens with zero attached hydrogens (tertiary/aromatic N) is 1. The second kappa shape index (κ2) is 6.80. The van der Waals surface area contributed by atoms with Crippen LogP contribution in [0, 0.1) is 11.3 Å². The summed E-state index contributed by atoms with van der Waals surface area (Å²) >= 11 is 0. The zero-order chi connectivity index (χ0) is 16.4. The van der Waals surface area contributed by atoms with Crippen molar-refractivity contribution >= 4 is 11.8 Å². The molecule has 2 amide bonds. The minimum Gasteiger partial charge on any atom is -0.391 e. The maximum atomic E-state index is 12.7. The zero-order valence-corrected chi connectivity index (χ0v) is 14.2. The number of amides is 2. The van der Waals surface area contributed by atoms with Gasteiger partial charge in [-0.25, -0.2) is 0 Å². The Morgan fingerprint density at radius 1 is 1.09 bits per heavy atom. The number of aliphatic hydroxyl groups is 1. The lowest BCUT2D eigenvalue weighted by Crippen LogP contribution is -2.56. The Morgan fingerprint density at radius 2 is 1.70 bits per heavy atom. The molecule has 2 N–H and O–H groups in total. The zero-order valence-electron chi connectivity index (χ0n) is 14.2. The van der Waals surface area contributed by atoms with Crippen molar-refractivity contribution in [1.29, 1.82) is 0 Å². The van der Waals surface area contributed by atoms with Crippen molar-refractivity contribution in [1.82, 2.24) is 10.2 Å². The normalized spacial score (nSPS) is 26.6. The standard InChI is InChI=1S/C18H30N2O3/c1-13(21)15(19-16(22)14-5-6-14)17(23)20-11-9-18(10-12-20)7-3-2-4-8-18/h13-15,21H,2-12H2,1H3,(H,19,22). The second-order valence-electron chi connectivity index (χ2n) is 7.89. The Balaban J connectivity index is 1.56. The van der Waals surface area contributed by atoms with Crippen molar-refractivity contribution in [2.24, 2.45) is 11.3 Å². The molecule has 23 heavy (non-hydrogen) atoms. The van der Waals surface area contributed by atoms with E-state index in [9.17, 15) is 14.7 Å². The van der Waals surface area contributed by atoms with Crippen molar-refractivity contribution in [2.75, 3.05) is 13.1 Å². The summed E-state index contributed by atoms with van der Waals surface area (Å²) in [5, 5.41) is 12.7. The molecule has 0 aromatic rings. The lowest BCUT2D eigenvalue weighted by molar-refractivity contribution is -0.142. The lowest BCUT2D eigenvalue weighted by Gasteiger charge is -2.45. The third-order valence-electron chi connectivity index (χ3n) is 6.04. The van der Waals surface area contributed by atoms with Crippen LogP contribution in [0.25, 0.3) is 0 Å². The quantitative estimate of drug-likeness (QED) is 0.830. The maximum Gasteiger partial charge on any atom is 0.247 e. The van der Waals surface area contributed by atoms with Gasteiger partial charge in [0.05, 0.1) is 6.10 Å². The van der Waals surface area contributed by atoms with E-state index < -0.39 is 12.1 Å². The topological polar surface area (TPSA) is 69.6 Å². The van der Waals surface area contributed by atoms with Crippen LogP contribution < -0.4 is 5.32 Å². The van der Waals surface area contributed by atoms with Crippen LogP contribution in [-0.4, -0.2) is 47.1 Å². The van der Waals surface area contributed by atoms with Crippen molar-refractivity contribution in [2.45, 2.75) is 76.9 Å². The van der Waals surface area contributed by atoms with Crippen LogP contribution >= 0.6 is 0 Å². The number of rotatable bonds is 4. The molecule has 1 aliphatic heterocycles. The fraction of sp³-hybridized carbons (Fsp3) is 0.889. The molecule has 1 saturated heterocycles. The van der Waals surface area contributed by atoms with Gasteiger partial charge in [-0.05, 0) is 50.9 Å². The summed E-state index contributed by atoms with van der Waals surface area (Å²) in [6, 6.07) is -0.788. The summed E-state index contributed by atoms with van der Waals surface area (Å²) in [4.78, 5) is 26.5. The Labute approximate surface area is 138 Å². The third kappa shape index (κ3) is 3.87. The Hall–Kier alpha value is -1.10. The van der Waals surface area contributed by atoms with Crippen LogP contribution in [0.2, 0.25) is 0 Å². The molecule has 0 aromatic heterocycles. The highest BCUT2D eigenvalue weighted by Gasteiger charge is 2.40. The number of nitrogens with one attached hydrogen (secondary N) is 1. The molecule has 2 aliphatic carbocycles. The summed E-state index contributed by atoms with van der Waals surface area (Å²) in [6.07, 6.45) is 9.68. The van der Waals surface area contributed by atoms with E-state index in [2.05, 4.69) is 5.32 Å². The van der Waals surface area contributed by atoms with Crippen molar-refractivity contribution in [3.63, 3.8) is 0 Å². The summed E-state index contributed by atoms with van der Waals surface area (Å²) in [7, 11) is 0. The number of hydrogen-bond acceptors (Lipinski definition) is 3. The monoisotopic (exact) mass is 322 g/mol. The molecule has 3 rings (SSSR count). The minimum absolute atomic E-state index is 0.0518. The molecular weight excluding hydrogens is 292 g/mol. The van der Waals surface area contributed by atoms with Gasteiger partial charge in [0.15, 0.2) is 0 Å². The first-order chi connectivity index (χ1) is 11.0.